The number of hydrogen-bond acceptors (Lipinski definition) is 4. The summed E-state index contributed by atoms with van der Waals surface area (Å²) in [5, 5.41) is 7.94. The van der Waals surface area contributed by atoms with Gasteiger partial charge in [-0.05, 0) is 26.8 Å². The Bertz CT molecular complexity index is 741. The Morgan fingerprint density at radius 2 is 1.96 bits per heavy atom. The minimum Gasteiger partial charge on any atom is -0.459 e. The number of rotatable bonds is 6. The summed E-state index contributed by atoms with van der Waals surface area (Å²) in [6.07, 6.45) is 0. The predicted octanol–water partition coefficient (Wildman–Crippen LogP) is 3.14. The molecule has 1 aromatic carbocycles. The summed E-state index contributed by atoms with van der Waals surface area (Å²) in [5.41, 5.74) is 2.09. The fraction of sp³-hybridized carbons (Fsp3) is 0.550. The van der Waals surface area contributed by atoms with Crippen molar-refractivity contribution in [2.75, 3.05) is 39.4 Å². The number of aryl methyl sites for hydroxylation is 1. The lowest BCUT2D eigenvalue weighted by molar-refractivity contribution is 0.0211. The van der Waals surface area contributed by atoms with Gasteiger partial charge in [-0.1, -0.05) is 18.2 Å². The zero-order valence-electron chi connectivity index (χ0n) is 16.5. The van der Waals surface area contributed by atoms with Crippen LogP contribution < -0.4 is 10.6 Å². The molecule has 1 atom stereocenters. The van der Waals surface area contributed by atoms with Gasteiger partial charge in [0.15, 0.2) is 5.96 Å². The lowest BCUT2D eigenvalue weighted by Gasteiger charge is -2.32. The highest BCUT2D eigenvalue weighted by molar-refractivity contribution is 14.0. The molecule has 1 aromatic heterocycles. The Labute approximate surface area is 178 Å². The standard InChI is InChI=1S/C20H30N4O2.HI/c1-4-21-20(22-13-15(2)24-9-11-25-12-10-24)23-14-19-16(3)17-7-5-6-8-18(17)26-19;/h5-8,15H,4,9-14H2,1-3H3,(H2,21,22,23);1H. The van der Waals surface area contributed by atoms with Gasteiger partial charge in [0.1, 0.15) is 17.9 Å². The Morgan fingerprint density at radius 3 is 2.67 bits per heavy atom. The van der Waals surface area contributed by atoms with E-state index in [1.54, 1.807) is 0 Å². The maximum atomic E-state index is 5.96. The van der Waals surface area contributed by atoms with Crippen LogP contribution in [0.25, 0.3) is 11.0 Å². The van der Waals surface area contributed by atoms with Gasteiger partial charge in [-0.15, -0.1) is 24.0 Å². The molecule has 6 nitrogen and oxygen atoms in total. The third kappa shape index (κ3) is 5.83. The van der Waals surface area contributed by atoms with Crippen LogP contribution in [0, 0.1) is 6.92 Å². The van der Waals surface area contributed by atoms with Gasteiger partial charge < -0.3 is 19.8 Å². The molecular weight excluding hydrogens is 455 g/mol. The molecule has 1 saturated heterocycles. The second-order valence-electron chi connectivity index (χ2n) is 6.72. The van der Waals surface area contributed by atoms with Crippen LogP contribution in [0.5, 0.6) is 0 Å². The molecule has 0 bridgehead atoms. The Morgan fingerprint density at radius 1 is 1.22 bits per heavy atom. The summed E-state index contributed by atoms with van der Waals surface area (Å²) in [4.78, 5) is 7.16. The minimum absolute atomic E-state index is 0. The second-order valence-corrected chi connectivity index (χ2v) is 6.72. The van der Waals surface area contributed by atoms with Gasteiger partial charge in [0, 0.05) is 43.2 Å². The van der Waals surface area contributed by atoms with Gasteiger partial charge in [-0.2, -0.15) is 0 Å². The first kappa shape index (κ1) is 22.0. The fourth-order valence-corrected chi connectivity index (χ4v) is 3.26. The molecule has 2 heterocycles. The van der Waals surface area contributed by atoms with Gasteiger partial charge in [0.05, 0.1) is 13.2 Å². The molecule has 7 heteroatoms. The topological polar surface area (TPSA) is 62.0 Å². The number of morpholine rings is 1. The summed E-state index contributed by atoms with van der Waals surface area (Å²) in [6, 6.07) is 8.57. The smallest absolute Gasteiger partial charge is 0.191 e. The quantitative estimate of drug-likeness (QED) is 0.373. The first-order valence-electron chi connectivity index (χ1n) is 9.50. The van der Waals surface area contributed by atoms with Crippen molar-refractivity contribution < 1.29 is 9.15 Å². The van der Waals surface area contributed by atoms with Crippen molar-refractivity contribution in [2.45, 2.75) is 33.4 Å². The monoisotopic (exact) mass is 486 g/mol. The van der Waals surface area contributed by atoms with Crippen molar-refractivity contribution in [3.05, 3.63) is 35.6 Å². The highest BCUT2D eigenvalue weighted by Crippen LogP contribution is 2.25. The highest BCUT2D eigenvalue weighted by atomic mass is 127. The van der Waals surface area contributed by atoms with E-state index in [-0.39, 0.29) is 24.0 Å². The van der Waals surface area contributed by atoms with Crippen LogP contribution in [0.2, 0.25) is 0 Å². The van der Waals surface area contributed by atoms with Crippen molar-refractivity contribution in [3.63, 3.8) is 0 Å². The molecule has 3 rings (SSSR count). The van der Waals surface area contributed by atoms with Crippen molar-refractivity contribution in [1.82, 2.24) is 15.5 Å². The molecule has 0 amide bonds. The first-order valence-corrected chi connectivity index (χ1v) is 9.50. The zero-order chi connectivity index (χ0) is 18.4. The van der Waals surface area contributed by atoms with E-state index >= 15 is 0 Å². The maximum Gasteiger partial charge on any atom is 0.191 e. The number of guanidine groups is 1. The molecule has 1 fully saturated rings. The number of hydrogen-bond donors (Lipinski definition) is 2. The molecule has 0 spiro atoms. The molecular formula is C20H31IN4O2. The van der Waals surface area contributed by atoms with Crippen LogP contribution in [0.3, 0.4) is 0 Å². The molecule has 0 aliphatic carbocycles. The second kappa shape index (κ2) is 10.9. The molecule has 27 heavy (non-hydrogen) atoms. The van der Waals surface area contributed by atoms with Crippen LogP contribution in [0.1, 0.15) is 25.2 Å². The summed E-state index contributed by atoms with van der Waals surface area (Å²) in [5.74, 6) is 1.75. The Kier molecular flexibility index (Phi) is 8.85. The van der Waals surface area contributed by atoms with Gasteiger partial charge in [-0.25, -0.2) is 4.99 Å². The van der Waals surface area contributed by atoms with E-state index in [2.05, 4.69) is 42.4 Å². The van der Waals surface area contributed by atoms with E-state index in [0.717, 1.165) is 62.1 Å². The van der Waals surface area contributed by atoms with E-state index in [0.29, 0.717) is 12.6 Å². The van der Waals surface area contributed by atoms with Crippen LogP contribution in [-0.2, 0) is 11.3 Å². The summed E-state index contributed by atoms with van der Waals surface area (Å²) in [6.45, 7) is 12.3. The van der Waals surface area contributed by atoms with Crippen molar-refractivity contribution in [1.29, 1.82) is 0 Å². The van der Waals surface area contributed by atoms with E-state index < -0.39 is 0 Å². The zero-order valence-corrected chi connectivity index (χ0v) is 18.8. The molecule has 1 aliphatic heterocycles. The lowest BCUT2D eigenvalue weighted by atomic mass is 10.1. The van der Waals surface area contributed by atoms with Crippen LogP contribution in [0.15, 0.2) is 33.7 Å². The van der Waals surface area contributed by atoms with E-state index in [1.165, 1.54) is 5.56 Å². The van der Waals surface area contributed by atoms with E-state index in [1.807, 2.05) is 18.2 Å². The Hall–Kier alpha value is -1.32. The Balaban J connectivity index is 0.00000261. The number of fused-ring (bicyclic) bond motifs is 1. The van der Waals surface area contributed by atoms with Crippen LogP contribution >= 0.6 is 24.0 Å². The molecule has 1 aliphatic rings. The van der Waals surface area contributed by atoms with Gasteiger partial charge >= 0.3 is 0 Å². The normalized spacial score (nSPS) is 16.8. The summed E-state index contributed by atoms with van der Waals surface area (Å²) >= 11 is 0. The van der Waals surface area contributed by atoms with Gasteiger partial charge in [0.25, 0.3) is 0 Å². The highest BCUT2D eigenvalue weighted by Gasteiger charge is 2.17. The summed E-state index contributed by atoms with van der Waals surface area (Å²) < 4.78 is 11.4. The number of furan rings is 1. The van der Waals surface area contributed by atoms with Gasteiger partial charge in [-0.3, -0.25) is 4.90 Å². The number of nitrogens with zero attached hydrogens (tertiary/aromatic N) is 2. The number of ether oxygens (including phenoxy) is 1. The molecule has 150 valence electrons. The third-order valence-corrected chi connectivity index (χ3v) is 4.90. The molecule has 0 saturated carbocycles. The number of halogens is 1. The largest absolute Gasteiger partial charge is 0.459 e. The first-order chi connectivity index (χ1) is 12.7. The minimum atomic E-state index is 0. The van der Waals surface area contributed by atoms with Crippen molar-refractivity contribution >= 4 is 40.9 Å². The maximum absolute atomic E-state index is 5.96. The lowest BCUT2D eigenvalue weighted by Crippen LogP contribution is -2.49. The van der Waals surface area contributed by atoms with Crippen molar-refractivity contribution in [2.24, 2.45) is 4.99 Å². The third-order valence-electron chi connectivity index (χ3n) is 4.90. The number of para-hydroxylation sites is 1. The van der Waals surface area contributed by atoms with Crippen molar-refractivity contribution in [3.8, 4) is 0 Å². The predicted molar refractivity (Wildman–Crippen MR) is 121 cm³/mol. The van der Waals surface area contributed by atoms with Crippen LogP contribution in [-0.4, -0.2) is 56.3 Å². The molecule has 2 N–H and O–H groups in total. The average molecular weight is 486 g/mol. The number of nitrogens with one attached hydrogen (secondary N) is 2. The molecule has 1 unspecified atom stereocenters. The van der Waals surface area contributed by atoms with E-state index in [4.69, 9.17) is 14.1 Å². The van der Waals surface area contributed by atoms with E-state index in [9.17, 15) is 0 Å². The molecule has 0 radical (unpaired) electrons. The number of aliphatic imine (C=N–C) groups is 1. The van der Waals surface area contributed by atoms with Gasteiger partial charge in [0.2, 0.25) is 0 Å². The average Bonchev–Trinajstić information content (AvgIpc) is 3.00. The van der Waals surface area contributed by atoms with Crippen LogP contribution in [0.4, 0.5) is 0 Å². The SMILES string of the molecule is CCNC(=NCc1oc2ccccc2c1C)NCC(C)N1CCOCC1.I. The molecule has 2 aromatic rings. The summed E-state index contributed by atoms with van der Waals surface area (Å²) in [7, 11) is 0. The fourth-order valence-electron chi connectivity index (χ4n) is 3.26. The number of benzene rings is 1.